The van der Waals surface area contributed by atoms with Gasteiger partial charge in [0.15, 0.2) is 0 Å². The summed E-state index contributed by atoms with van der Waals surface area (Å²) in [6.07, 6.45) is 3.61. The second-order valence-electron chi connectivity index (χ2n) is 7.15. The van der Waals surface area contributed by atoms with Crippen LogP contribution in [0.2, 0.25) is 0 Å². The molecule has 0 unspecified atom stereocenters. The summed E-state index contributed by atoms with van der Waals surface area (Å²) in [6, 6.07) is 8.12. The van der Waals surface area contributed by atoms with E-state index in [1.165, 1.54) is 24.9 Å². The molecule has 1 saturated heterocycles. The first-order valence-corrected chi connectivity index (χ1v) is 10.6. The summed E-state index contributed by atoms with van der Waals surface area (Å²) in [6.45, 7) is 1.57. The molecule has 1 aromatic carbocycles. The van der Waals surface area contributed by atoms with Gasteiger partial charge in [0.05, 0.1) is 27.5 Å². The van der Waals surface area contributed by atoms with Crippen molar-refractivity contribution in [3.63, 3.8) is 0 Å². The lowest BCUT2D eigenvalue weighted by Crippen LogP contribution is -2.27. The number of hydrogen-bond donors (Lipinski definition) is 1. The second-order valence-corrected chi connectivity index (χ2v) is 8.15. The third-order valence-electron chi connectivity index (χ3n) is 5.10. The predicted molar refractivity (Wildman–Crippen MR) is 112 cm³/mol. The molecular formula is C21H20N4O4S. The van der Waals surface area contributed by atoms with E-state index in [0.29, 0.717) is 21.8 Å². The molecule has 30 heavy (non-hydrogen) atoms. The van der Waals surface area contributed by atoms with E-state index in [2.05, 4.69) is 10.3 Å². The zero-order valence-corrected chi connectivity index (χ0v) is 17.2. The Balaban J connectivity index is 1.33. The first kappa shape index (κ1) is 20.1. The van der Waals surface area contributed by atoms with Gasteiger partial charge >= 0.3 is 0 Å². The number of imide groups is 1. The third kappa shape index (κ3) is 3.93. The number of amides is 4. The van der Waals surface area contributed by atoms with Gasteiger partial charge in [0.1, 0.15) is 0 Å². The topological polar surface area (TPSA) is 99.7 Å². The Hall–Kier alpha value is -3.20. The number of nitrogens with zero attached hydrogens (tertiary/aromatic N) is 3. The van der Waals surface area contributed by atoms with Crippen LogP contribution in [0.15, 0.2) is 41.6 Å². The van der Waals surface area contributed by atoms with Crippen molar-refractivity contribution in [3.05, 3.63) is 53.2 Å². The SMILES string of the molecule is CN1C(=O)c2ccc(NC(=O)CSc3ccc(C(=O)N4CCCC4)cn3)cc2C1=O. The quantitative estimate of drug-likeness (QED) is 0.584. The van der Waals surface area contributed by atoms with E-state index < -0.39 is 0 Å². The second kappa shape index (κ2) is 8.27. The fourth-order valence-corrected chi connectivity index (χ4v) is 4.11. The third-order valence-corrected chi connectivity index (χ3v) is 6.04. The number of aromatic nitrogens is 1. The van der Waals surface area contributed by atoms with E-state index in [-0.39, 0.29) is 34.9 Å². The lowest BCUT2D eigenvalue weighted by Gasteiger charge is -2.14. The molecule has 2 aliphatic heterocycles. The van der Waals surface area contributed by atoms with Crippen LogP contribution < -0.4 is 5.32 Å². The zero-order chi connectivity index (χ0) is 21.3. The molecule has 9 heteroatoms. The number of rotatable bonds is 5. The highest BCUT2D eigenvalue weighted by Crippen LogP contribution is 2.25. The van der Waals surface area contributed by atoms with Crippen LogP contribution in [0.3, 0.4) is 0 Å². The van der Waals surface area contributed by atoms with E-state index in [0.717, 1.165) is 30.8 Å². The van der Waals surface area contributed by atoms with Gasteiger partial charge in [-0.15, -0.1) is 0 Å². The van der Waals surface area contributed by atoms with Crippen LogP contribution in [0.1, 0.15) is 43.9 Å². The van der Waals surface area contributed by atoms with Crippen molar-refractivity contribution in [1.82, 2.24) is 14.8 Å². The molecule has 8 nitrogen and oxygen atoms in total. The zero-order valence-electron chi connectivity index (χ0n) is 16.4. The molecule has 2 aromatic rings. The van der Waals surface area contributed by atoms with E-state index >= 15 is 0 Å². The van der Waals surface area contributed by atoms with Crippen LogP contribution in [-0.2, 0) is 4.79 Å². The summed E-state index contributed by atoms with van der Waals surface area (Å²) in [5, 5.41) is 3.37. The Morgan fingerprint density at radius 3 is 2.50 bits per heavy atom. The fraction of sp³-hybridized carbons (Fsp3) is 0.286. The first-order chi connectivity index (χ1) is 14.4. The molecule has 1 N–H and O–H groups in total. The highest BCUT2D eigenvalue weighted by molar-refractivity contribution is 7.99. The lowest BCUT2D eigenvalue weighted by molar-refractivity contribution is -0.113. The molecule has 0 atom stereocenters. The number of likely N-dealkylation sites (tertiary alicyclic amines) is 1. The number of benzene rings is 1. The molecular weight excluding hydrogens is 404 g/mol. The van der Waals surface area contributed by atoms with Gasteiger partial charge in [-0.3, -0.25) is 24.1 Å². The Morgan fingerprint density at radius 2 is 1.80 bits per heavy atom. The first-order valence-electron chi connectivity index (χ1n) is 9.58. The summed E-state index contributed by atoms with van der Waals surface area (Å²) < 4.78 is 0. The largest absolute Gasteiger partial charge is 0.339 e. The fourth-order valence-electron chi connectivity index (χ4n) is 3.47. The molecule has 0 spiro atoms. The maximum atomic E-state index is 12.3. The van der Waals surface area contributed by atoms with Crippen LogP contribution in [0.25, 0.3) is 0 Å². The summed E-state index contributed by atoms with van der Waals surface area (Å²) in [7, 11) is 1.43. The van der Waals surface area contributed by atoms with Gasteiger partial charge in [-0.25, -0.2) is 4.98 Å². The molecule has 0 saturated carbocycles. The highest BCUT2D eigenvalue weighted by atomic mass is 32.2. The number of carbonyl (C=O) groups is 4. The molecule has 154 valence electrons. The molecule has 3 heterocycles. The van der Waals surface area contributed by atoms with Gasteiger partial charge in [0.25, 0.3) is 17.7 Å². The summed E-state index contributed by atoms with van der Waals surface area (Å²) >= 11 is 1.25. The molecule has 4 rings (SSSR count). The van der Waals surface area contributed by atoms with Crippen molar-refractivity contribution < 1.29 is 19.2 Å². The smallest absolute Gasteiger partial charge is 0.261 e. The van der Waals surface area contributed by atoms with Crippen LogP contribution in [0.4, 0.5) is 5.69 Å². The van der Waals surface area contributed by atoms with E-state index in [4.69, 9.17) is 0 Å². The number of carbonyl (C=O) groups excluding carboxylic acids is 4. The minimum absolute atomic E-state index is 0.00965. The van der Waals surface area contributed by atoms with Crippen molar-refractivity contribution in [2.45, 2.75) is 17.9 Å². The maximum Gasteiger partial charge on any atom is 0.261 e. The van der Waals surface area contributed by atoms with Crippen LogP contribution in [-0.4, -0.2) is 64.3 Å². The minimum Gasteiger partial charge on any atom is -0.339 e. The summed E-state index contributed by atoms with van der Waals surface area (Å²) in [5.41, 5.74) is 1.62. The summed E-state index contributed by atoms with van der Waals surface area (Å²) in [5.74, 6) is -0.876. The Kier molecular flexibility index (Phi) is 5.54. The van der Waals surface area contributed by atoms with Crippen LogP contribution in [0.5, 0.6) is 0 Å². The van der Waals surface area contributed by atoms with Crippen molar-refractivity contribution in [3.8, 4) is 0 Å². The molecule has 2 aliphatic rings. The molecule has 1 aromatic heterocycles. The molecule has 4 amide bonds. The molecule has 0 radical (unpaired) electrons. The monoisotopic (exact) mass is 424 g/mol. The predicted octanol–water partition coefficient (Wildman–Crippen LogP) is 2.27. The van der Waals surface area contributed by atoms with Crippen LogP contribution in [0, 0.1) is 0 Å². The number of fused-ring (bicyclic) bond motifs is 1. The van der Waals surface area contributed by atoms with Gasteiger partial charge in [0.2, 0.25) is 5.91 Å². The number of anilines is 1. The Morgan fingerprint density at radius 1 is 1.07 bits per heavy atom. The van der Waals surface area contributed by atoms with E-state index in [1.54, 1.807) is 30.5 Å². The van der Waals surface area contributed by atoms with Crippen molar-refractivity contribution in [2.24, 2.45) is 0 Å². The number of nitrogens with one attached hydrogen (secondary N) is 1. The standard InChI is InChI=1S/C21H20N4O4S/c1-24-20(28)15-6-5-14(10-16(15)21(24)29)23-17(26)12-30-18-7-4-13(11-22-18)19(27)25-8-2-3-9-25/h4-7,10-11H,2-3,8-9,12H2,1H3,(H,23,26). The molecule has 0 bridgehead atoms. The van der Waals surface area contributed by atoms with E-state index in [1.807, 2.05) is 4.90 Å². The number of hydrogen-bond acceptors (Lipinski definition) is 6. The minimum atomic E-state index is -0.381. The average Bonchev–Trinajstić information content (AvgIpc) is 3.37. The molecule has 0 aliphatic carbocycles. The lowest BCUT2D eigenvalue weighted by atomic mass is 10.1. The normalized spacial score (nSPS) is 15.5. The van der Waals surface area contributed by atoms with Crippen molar-refractivity contribution in [2.75, 3.05) is 31.2 Å². The van der Waals surface area contributed by atoms with Gasteiger partial charge in [-0.05, 0) is 43.2 Å². The van der Waals surface area contributed by atoms with Crippen molar-refractivity contribution >= 4 is 41.1 Å². The van der Waals surface area contributed by atoms with Gasteiger partial charge in [-0.2, -0.15) is 0 Å². The van der Waals surface area contributed by atoms with Crippen molar-refractivity contribution in [1.29, 1.82) is 0 Å². The van der Waals surface area contributed by atoms with Gasteiger partial charge in [-0.1, -0.05) is 11.8 Å². The number of thioether (sulfide) groups is 1. The van der Waals surface area contributed by atoms with Gasteiger partial charge in [0, 0.05) is 32.0 Å². The van der Waals surface area contributed by atoms with E-state index in [9.17, 15) is 19.2 Å². The average molecular weight is 424 g/mol. The maximum absolute atomic E-state index is 12.3. The Labute approximate surface area is 177 Å². The van der Waals surface area contributed by atoms with Gasteiger partial charge < -0.3 is 10.2 Å². The highest BCUT2D eigenvalue weighted by Gasteiger charge is 2.32. The number of pyridine rings is 1. The summed E-state index contributed by atoms with van der Waals surface area (Å²) in [4.78, 5) is 55.7. The van der Waals surface area contributed by atoms with Crippen LogP contribution >= 0.6 is 11.8 Å². The Bertz CT molecular complexity index is 1030. The molecule has 1 fully saturated rings.